The van der Waals surface area contributed by atoms with Crippen molar-refractivity contribution in [2.75, 3.05) is 5.73 Å². The van der Waals surface area contributed by atoms with Gasteiger partial charge in [-0.25, -0.2) is 4.68 Å². The van der Waals surface area contributed by atoms with E-state index in [1.807, 2.05) is 30.3 Å². The summed E-state index contributed by atoms with van der Waals surface area (Å²) in [6.07, 6.45) is 1.24. The Bertz CT molecular complexity index is 950. The van der Waals surface area contributed by atoms with Gasteiger partial charge in [0.05, 0.1) is 17.6 Å². The number of nitrogens with two attached hydrogens (primary N) is 1. The molecule has 0 aliphatic carbocycles. The molecule has 0 atom stereocenters. The minimum absolute atomic E-state index is 0.0195. The Morgan fingerprint density at radius 2 is 2.22 bits per heavy atom. The first-order chi connectivity index (χ1) is 11.0. The van der Waals surface area contributed by atoms with Crippen LogP contribution in [0.1, 0.15) is 21.7 Å². The van der Waals surface area contributed by atoms with Crippen molar-refractivity contribution in [1.29, 1.82) is 5.26 Å². The Kier molecular flexibility index (Phi) is 3.67. The van der Waals surface area contributed by atoms with Crippen LogP contribution in [0.5, 0.6) is 0 Å². The summed E-state index contributed by atoms with van der Waals surface area (Å²) in [7, 11) is 0. The highest BCUT2D eigenvalue weighted by molar-refractivity contribution is 9.10. The van der Waals surface area contributed by atoms with E-state index in [1.54, 1.807) is 11.6 Å². The van der Waals surface area contributed by atoms with E-state index in [2.05, 4.69) is 31.3 Å². The first-order valence-electron chi connectivity index (χ1n) is 6.49. The molecule has 8 nitrogen and oxygen atoms in total. The molecule has 23 heavy (non-hydrogen) atoms. The molecule has 2 heterocycles. The summed E-state index contributed by atoms with van der Waals surface area (Å²) < 4.78 is 3.37. The molecule has 0 bridgehead atoms. The smallest absolute Gasteiger partial charge is 0.302 e. The molecule has 3 rings (SSSR count). The van der Waals surface area contributed by atoms with Crippen LogP contribution in [0.3, 0.4) is 0 Å². The molecular weight excluding hydrogens is 362 g/mol. The van der Waals surface area contributed by atoms with Gasteiger partial charge in [-0.2, -0.15) is 15.0 Å². The molecule has 114 valence electrons. The molecule has 3 aromatic rings. The zero-order valence-electron chi connectivity index (χ0n) is 11.9. The summed E-state index contributed by atoms with van der Waals surface area (Å²) in [4.78, 5) is 12.5. The topological polar surface area (TPSA) is 115 Å². The molecule has 2 aromatic heterocycles. The number of anilines is 1. The highest BCUT2D eigenvalue weighted by atomic mass is 79.9. The molecule has 0 aliphatic rings. The van der Waals surface area contributed by atoms with Crippen LogP contribution in [0.25, 0.3) is 5.69 Å². The number of rotatable bonds is 2. The van der Waals surface area contributed by atoms with E-state index in [9.17, 15) is 4.79 Å². The predicted molar refractivity (Wildman–Crippen MR) is 84.9 cm³/mol. The average Bonchev–Trinajstić information content (AvgIpc) is 3.09. The summed E-state index contributed by atoms with van der Waals surface area (Å²) in [5, 5.41) is 20.7. The van der Waals surface area contributed by atoms with Crippen molar-refractivity contribution in [3.05, 3.63) is 51.9 Å². The molecule has 0 aliphatic heterocycles. The molecule has 0 fully saturated rings. The zero-order valence-corrected chi connectivity index (χ0v) is 13.5. The number of nitrogens with zero attached hydrogens (tertiary/aromatic N) is 6. The van der Waals surface area contributed by atoms with Gasteiger partial charge >= 0.3 is 5.91 Å². The van der Waals surface area contributed by atoms with Crippen molar-refractivity contribution in [3.63, 3.8) is 0 Å². The van der Waals surface area contributed by atoms with Crippen LogP contribution in [-0.2, 0) is 0 Å². The van der Waals surface area contributed by atoms with Gasteiger partial charge in [0.1, 0.15) is 17.5 Å². The molecule has 1 aromatic carbocycles. The minimum Gasteiger partial charge on any atom is -0.382 e. The Morgan fingerprint density at radius 3 is 2.87 bits per heavy atom. The van der Waals surface area contributed by atoms with E-state index in [-0.39, 0.29) is 17.1 Å². The van der Waals surface area contributed by atoms with E-state index in [4.69, 9.17) is 11.0 Å². The number of carbonyl (C=O) groups excluding carboxylic acids is 1. The van der Waals surface area contributed by atoms with Crippen LogP contribution in [0.4, 0.5) is 5.82 Å². The van der Waals surface area contributed by atoms with Crippen LogP contribution in [-0.4, -0.2) is 30.7 Å². The monoisotopic (exact) mass is 371 g/mol. The highest BCUT2D eigenvalue weighted by Gasteiger charge is 2.22. The number of nitrogen functional groups attached to an aromatic ring is 1. The minimum atomic E-state index is -0.539. The molecule has 0 saturated carbocycles. The largest absolute Gasteiger partial charge is 0.382 e. The number of nitriles is 1. The van der Waals surface area contributed by atoms with Crippen molar-refractivity contribution < 1.29 is 4.79 Å². The van der Waals surface area contributed by atoms with Crippen LogP contribution < -0.4 is 5.73 Å². The molecular formula is C14H10BrN7O. The van der Waals surface area contributed by atoms with Crippen molar-refractivity contribution in [1.82, 2.24) is 24.8 Å². The fraction of sp³-hybridized carbons (Fsp3) is 0.0714. The summed E-state index contributed by atoms with van der Waals surface area (Å²) in [6.45, 7) is 1.72. The molecule has 2 N–H and O–H groups in total. The van der Waals surface area contributed by atoms with Crippen molar-refractivity contribution in [3.8, 4) is 11.8 Å². The zero-order chi connectivity index (χ0) is 16.6. The van der Waals surface area contributed by atoms with Crippen LogP contribution in [0.2, 0.25) is 0 Å². The van der Waals surface area contributed by atoms with Crippen LogP contribution in [0, 0.1) is 18.3 Å². The van der Waals surface area contributed by atoms with Gasteiger partial charge in [-0.3, -0.25) is 4.79 Å². The van der Waals surface area contributed by atoms with Gasteiger partial charge in [-0.1, -0.05) is 27.2 Å². The first-order valence-corrected chi connectivity index (χ1v) is 7.28. The normalized spacial score (nSPS) is 10.5. The predicted octanol–water partition coefficient (Wildman–Crippen LogP) is 1.68. The summed E-state index contributed by atoms with van der Waals surface area (Å²) in [5.41, 5.74) is 7.29. The SMILES string of the molecule is Cc1c(C(=O)n2ncc(C#N)c2N)nnn1-c1cccc(Br)c1. The summed E-state index contributed by atoms with van der Waals surface area (Å²) >= 11 is 3.39. The third-order valence-corrected chi connectivity index (χ3v) is 3.76. The van der Waals surface area contributed by atoms with Crippen molar-refractivity contribution >= 4 is 27.7 Å². The average molecular weight is 372 g/mol. The maximum absolute atomic E-state index is 12.5. The van der Waals surface area contributed by atoms with E-state index in [0.717, 1.165) is 14.8 Å². The number of benzene rings is 1. The first kappa shape index (κ1) is 14.9. The number of hydrogen-bond donors (Lipinski definition) is 1. The Labute approximate surface area is 139 Å². The third kappa shape index (κ3) is 2.49. The standard InChI is InChI=1S/C14H10BrN7O/c1-8-12(14(23)22-13(17)9(6-16)7-18-22)19-20-21(8)11-4-2-3-10(15)5-11/h2-5,7H,17H2,1H3. The highest BCUT2D eigenvalue weighted by Crippen LogP contribution is 2.18. The maximum atomic E-state index is 12.5. The Hall–Kier alpha value is -2.99. The lowest BCUT2D eigenvalue weighted by atomic mass is 10.3. The van der Waals surface area contributed by atoms with Crippen molar-refractivity contribution in [2.45, 2.75) is 6.92 Å². The second kappa shape index (κ2) is 5.66. The Balaban J connectivity index is 2.04. The second-order valence-electron chi connectivity index (χ2n) is 4.69. The van der Waals surface area contributed by atoms with Gasteiger partial charge in [0.15, 0.2) is 5.69 Å². The summed E-state index contributed by atoms with van der Waals surface area (Å²) in [5.74, 6) is -0.559. The van der Waals surface area contributed by atoms with Gasteiger partial charge in [0.25, 0.3) is 0 Å². The maximum Gasteiger partial charge on any atom is 0.302 e. The van der Waals surface area contributed by atoms with Crippen LogP contribution >= 0.6 is 15.9 Å². The van der Waals surface area contributed by atoms with Gasteiger partial charge in [-0.05, 0) is 25.1 Å². The van der Waals surface area contributed by atoms with E-state index >= 15 is 0 Å². The van der Waals surface area contributed by atoms with Crippen molar-refractivity contribution in [2.24, 2.45) is 0 Å². The fourth-order valence-electron chi connectivity index (χ4n) is 2.09. The number of halogens is 1. The quantitative estimate of drug-likeness (QED) is 0.732. The third-order valence-electron chi connectivity index (χ3n) is 3.27. The van der Waals surface area contributed by atoms with Gasteiger partial charge in [0.2, 0.25) is 0 Å². The molecule has 0 saturated heterocycles. The number of aromatic nitrogens is 5. The number of hydrogen-bond acceptors (Lipinski definition) is 6. The van der Waals surface area contributed by atoms with Crippen LogP contribution in [0.15, 0.2) is 34.9 Å². The lowest BCUT2D eigenvalue weighted by Crippen LogP contribution is -2.18. The molecule has 0 radical (unpaired) electrons. The Morgan fingerprint density at radius 1 is 1.43 bits per heavy atom. The molecule has 0 unspecified atom stereocenters. The van der Waals surface area contributed by atoms with Gasteiger partial charge in [0, 0.05) is 4.47 Å². The second-order valence-corrected chi connectivity index (χ2v) is 5.60. The number of carbonyl (C=O) groups is 1. The van der Waals surface area contributed by atoms with Gasteiger partial charge in [-0.15, -0.1) is 5.10 Å². The molecule has 0 amide bonds. The lowest BCUT2D eigenvalue weighted by molar-refractivity contribution is 0.0942. The molecule has 9 heteroatoms. The fourth-order valence-corrected chi connectivity index (χ4v) is 2.47. The van der Waals surface area contributed by atoms with E-state index < -0.39 is 5.91 Å². The van der Waals surface area contributed by atoms with Gasteiger partial charge < -0.3 is 5.73 Å². The molecule has 0 spiro atoms. The summed E-state index contributed by atoms with van der Waals surface area (Å²) in [6, 6.07) is 9.30. The van der Waals surface area contributed by atoms with E-state index in [1.165, 1.54) is 6.20 Å². The van der Waals surface area contributed by atoms with E-state index in [0.29, 0.717) is 5.69 Å². The lowest BCUT2D eigenvalue weighted by Gasteiger charge is -2.04.